The summed E-state index contributed by atoms with van der Waals surface area (Å²) < 4.78 is 13.6. The average Bonchev–Trinajstić information content (AvgIpc) is 2.68. The third-order valence-electron chi connectivity index (χ3n) is 4.52. The lowest BCUT2D eigenvalue weighted by atomic mass is 9.97. The predicted molar refractivity (Wildman–Crippen MR) is 98.0 cm³/mol. The van der Waals surface area contributed by atoms with Crippen LogP contribution in [0.3, 0.4) is 0 Å². The molecule has 0 bridgehead atoms. The standard InChI is InChI=1S/C20H22FN3O2/c21-18-11-5-4-7-15(18)13-22-19(25)16-8-6-12-24(14-16)20(26)23-17-9-2-1-3-10-17/h1-5,7,9-11,16H,6,8,12-14H2,(H,22,25)(H,23,26)/t16-/m0/s1. The summed E-state index contributed by atoms with van der Waals surface area (Å²) in [4.78, 5) is 26.5. The van der Waals surface area contributed by atoms with Gasteiger partial charge in [0.15, 0.2) is 0 Å². The number of halogens is 1. The molecule has 1 saturated heterocycles. The number of nitrogens with zero attached hydrogens (tertiary/aromatic N) is 1. The van der Waals surface area contributed by atoms with Gasteiger partial charge in [-0.3, -0.25) is 4.79 Å². The monoisotopic (exact) mass is 355 g/mol. The maximum Gasteiger partial charge on any atom is 0.321 e. The lowest BCUT2D eigenvalue weighted by Gasteiger charge is -2.32. The molecular formula is C20H22FN3O2. The zero-order valence-corrected chi connectivity index (χ0v) is 14.5. The van der Waals surface area contributed by atoms with Gasteiger partial charge in [-0.2, -0.15) is 0 Å². The second-order valence-corrected chi connectivity index (χ2v) is 6.39. The zero-order valence-electron chi connectivity index (χ0n) is 14.5. The normalized spacial score (nSPS) is 16.8. The fourth-order valence-corrected chi connectivity index (χ4v) is 3.07. The van der Waals surface area contributed by atoms with Crippen molar-refractivity contribution < 1.29 is 14.0 Å². The van der Waals surface area contributed by atoms with E-state index in [1.54, 1.807) is 23.1 Å². The fraction of sp³-hybridized carbons (Fsp3) is 0.300. The Morgan fingerprint density at radius 2 is 1.81 bits per heavy atom. The van der Waals surface area contributed by atoms with Crippen LogP contribution in [0.4, 0.5) is 14.9 Å². The quantitative estimate of drug-likeness (QED) is 0.883. The van der Waals surface area contributed by atoms with Gasteiger partial charge in [-0.05, 0) is 31.0 Å². The Morgan fingerprint density at radius 1 is 1.08 bits per heavy atom. The van der Waals surface area contributed by atoms with Crippen molar-refractivity contribution in [1.82, 2.24) is 10.2 Å². The van der Waals surface area contributed by atoms with Gasteiger partial charge < -0.3 is 15.5 Å². The maximum absolute atomic E-state index is 13.6. The van der Waals surface area contributed by atoms with Crippen LogP contribution >= 0.6 is 0 Å². The summed E-state index contributed by atoms with van der Waals surface area (Å²) in [7, 11) is 0. The topological polar surface area (TPSA) is 61.4 Å². The van der Waals surface area contributed by atoms with Crippen LogP contribution in [-0.4, -0.2) is 29.9 Å². The van der Waals surface area contributed by atoms with Crippen LogP contribution in [-0.2, 0) is 11.3 Å². The number of piperidine rings is 1. The first-order valence-corrected chi connectivity index (χ1v) is 8.75. The number of benzene rings is 2. The Hall–Kier alpha value is -2.89. The Kier molecular flexibility index (Phi) is 5.84. The van der Waals surface area contributed by atoms with E-state index in [1.165, 1.54) is 6.07 Å². The van der Waals surface area contributed by atoms with E-state index in [1.807, 2.05) is 30.3 Å². The first kappa shape index (κ1) is 17.9. The van der Waals surface area contributed by atoms with E-state index in [-0.39, 0.29) is 30.2 Å². The first-order valence-electron chi connectivity index (χ1n) is 8.75. The molecule has 0 radical (unpaired) electrons. The van der Waals surface area contributed by atoms with Gasteiger partial charge in [0.1, 0.15) is 5.82 Å². The van der Waals surface area contributed by atoms with Crippen molar-refractivity contribution in [1.29, 1.82) is 0 Å². The number of urea groups is 1. The summed E-state index contributed by atoms with van der Waals surface area (Å²) in [6, 6.07) is 15.4. The molecule has 3 rings (SSSR count). The molecule has 0 saturated carbocycles. The van der Waals surface area contributed by atoms with Crippen molar-refractivity contribution >= 4 is 17.6 Å². The average molecular weight is 355 g/mol. The zero-order chi connectivity index (χ0) is 18.4. The lowest BCUT2D eigenvalue weighted by molar-refractivity contribution is -0.126. The molecule has 2 aromatic carbocycles. The molecule has 0 aliphatic carbocycles. The van der Waals surface area contributed by atoms with E-state index in [4.69, 9.17) is 0 Å². The highest BCUT2D eigenvalue weighted by Gasteiger charge is 2.28. The van der Waals surface area contributed by atoms with Gasteiger partial charge in [-0.1, -0.05) is 36.4 Å². The number of hydrogen-bond acceptors (Lipinski definition) is 2. The molecule has 6 heteroatoms. The molecule has 1 heterocycles. The number of carbonyl (C=O) groups is 2. The number of likely N-dealkylation sites (tertiary alicyclic amines) is 1. The van der Waals surface area contributed by atoms with E-state index in [2.05, 4.69) is 10.6 Å². The number of anilines is 1. The summed E-state index contributed by atoms with van der Waals surface area (Å²) in [5, 5.41) is 5.62. The summed E-state index contributed by atoms with van der Waals surface area (Å²) >= 11 is 0. The van der Waals surface area contributed by atoms with Gasteiger partial charge in [0, 0.05) is 30.9 Å². The molecule has 0 unspecified atom stereocenters. The van der Waals surface area contributed by atoms with Crippen LogP contribution in [0.25, 0.3) is 0 Å². The van der Waals surface area contributed by atoms with Gasteiger partial charge in [-0.15, -0.1) is 0 Å². The second kappa shape index (κ2) is 8.47. The van der Waals surface area contributed by atoms with E-state index >= 15 is 0 Å². The van der Waals surface area contributed by atoms with Crippen molar-refractivity contribution in [3.05, 3.63) is 66.0 Å². The van der Waals surface area contributed by atoms with E-state index in [9.17, 15) is 14.0 Å². The Morgan fingerprint density at radius 3 is 2.58 bits per heavy atom. The van der Waals surface area contributed by atoms with Crippen molar-refractivity contribution in [2.75, 3.05) is 18.4 Å². The molecule has 2 N–H and O–H groups in total. The molecular weight excluding hydrogens is 333 g/mol. The largest absolute Gasteiger partial charge is 0.352 e. The number of rotatable bonds is 4. The summed E-state index contributed by atoms with van der Waals surface area (Å²) in [5.74, 6) is -0.761. The lowest BCUT2D eigenvalue weighted by Crippen LogP contribution is -2.46. The molecule has 5 nitrogen and oxygen atoms in total. The SMILES string of the molecule is O=C(NCc1ccccc1F)[C@H]1CCCN(C(=O)Nc2ccccc2)C1. The molecule has 136 valence electrons. The Bertz CT molecular complexity index is 767. The van der Waals surface area contributed by atoms with Crippen molar-refractivity contribution in [3.63, 3.8) is 0 Å². The number of carbonyl (C=O) groups excluding carboxylic acids is 2. The molecule has 1 fully saturated rings. The van der Waals surface area contributed by atoms with Crippen LogP contribution in [0.2, 0.25) is 0 Å². The summed E-state index contributed by atoms with van der Waals surface area (Å²) in [6.07, 6.45) is 1.48. The highest BCUT2D eigenvalue weighted by Crippen LogP contribution is 2.18. The van der Waals surface area contributed by atoms with Crippen LogP contribution in [0, 0.1) is 11.7 Å². The molecule has 26 heavy (non-hydrogen) atoms. The van der Waals surface area contributed by atoms with E-state index < -0.39 is 0 Å². The molecule has 0 aromatic heterocycles. The molecule has 1 aliphatic heterocycles. The van der Waals surface area contributed by atoms with Gasteiger partial charge in [-0.25, -0.2) is 9.18 Å². The van der Waals surface area contributed by atoms with Crippen LogP contribution in [0.5, 0.6) is 0 Å². The number of para-hydroxylation sites is 1. The minimum atomic E-state index is -0.333. The second-order valence-electron chi connectivity index (χ2n) is 6.39. The van der Waals surface area contributed by atoms with Crippen LogP contribution < -0.4 is 10.6 Å². The molecule has 3 amide bonds. The minimum absolute atomic E-state index is 0.148. The predicted octanol–water partition coefficient (Wildman–Crippen LogP) is 3.39. The molecule has 2 aromatic rings. The van der Waals surface area contributed by atoms with Crippen molar-refractivity contribution in [2.24, 2.45) is 5.92 Å². The summed E-state index contributed by atoms with van der Waals surface area (Å²) in [6.45, 7) is 1.13. The molecule has 0 spiro atoms. The number of nitrogens with one attached hydrogen (secondary N) is 2. The third-order valence-corrected chi connectivity index (χ3v) is 4.52. The molecule has 1 atom stereocenters. The van der Waals surface area contributed by atoms with Gasteiger partial charge >= 0.3 is 6.03 Å². The highest BCUT2D eigenvalue weighted by molar-refractivity contribution is 5.90. The third kappa shape index (κ3) is 4.59. The minimum Gasteiger partial charge on any atom is -0.352 e. The highest BCUT2D eigenvalue weighted by atomic mass is 19.1. The van der Waals surface area contributed by atoms with Crippen molar-refractivity contribution in [3.8, 4) is 0 Å². The van der Waals surface area contributed by atoms with Gasteiger partial charge in [0.2, 0.25) is 5.91 Å². The van der Waals surface area contributed by atoms with Gasteiger partial charge in [0.05, 0.1) is 5.92 Å². The Labute approximate surface area is 152 Å². The van der Waals surface area contributed by atoms with E-state index in [0.29, 0.717) is 18.7 Å². The summed E-state index contributed by atoms with van der Waals surface area (Å²) in [5.41, 5.74) is 1.18. The maximum atomic E-state index is 13.6. The fourth-order valence-electron chi connectivity index (χ4n) is 3.07. The van der Waals surface area contributed by atoms with E-state index in [0.717, 1.165) is 18.5 Å². The Balaban J connectivity index is 1.53. The number of hydrogen-bond donors (Lipinski definition) is 2. The van der Waals surface area contributed by atoms with Crippen LogP contribution in [0.1, 0.15) is 18.4 Å². The first-order chi connectivity index (χ1) is 12.6. The number of amides is 3. The van der Waals surface area contributed by atoms with Crippen molar-refractivity contribution in [2.45, 2.75) is 19.4 Å². The van der Waals surface area contributed by atoms with Crippen LogP contribution in [0.15, 0.2) is 54.6 Å². The van der Waals surface area contributed by atoms with Gasteiger partial charge in [0.25, 0.3) is 0 Å². The molecule has 1 aliphatic rings. The smallest absolute Gasteiger partial charge is 0.321 e.